The summed E-state index contributed by atoms with van der Waals surface area (Å²) in [5.41, 5.74) is 2.33. The fraction of sp³-hybridized carbons (Fsp3) is 0.478. The Balaban J connectivity index is 1.46. The van der Waals surface area contributed by atoms with Crippen LogP contribution in [-0.4, -0.2) is 48.2 Å². The SMILES string of the molecule is CCCN1CCC(NC(=NC)NCc2ccc(Cn3ccccc3=O)cc2)CC1. The van der Waals surface area contributed by atoms with E-state index in [0.717, 1.165) is 44.0 Å². The molecular formula is C23H33N5O. The molecule has 6 heteroatoms. The van der Waals surface area contributed by atoms with Gasteiger partial charge in [0.25, 0.3) is 5.56 Å². The lowest BCUT2D eigenvalue weighted by Crippen LogP contribution is -2.48. The number of piperidine rings is 1. The first-order valence-electron chi connectivity index (χ1n) is 10.6. The van der Waals surface area contributed by atoms with Crippen LogP contribution in [0.15, 0.2) is 58.4 Å². The van der Waals surface area contributed by atoms with Crippen LogP contribution in [0.4, 0.5) is 0 Å². The summed E-state index contributed by atoms with van der Waals surface area (Å²) in [6, 6.07) is 14.1. The third-order valence-electron chi connectivity index (χ3n) is 5.43. The molecule has 1 aliphatic rings. The predicted molar refractivity (Wildman–Crippen MR) is 119 cm³/mol. The lowest BCUT2D eigenvalue weighted by atomic mass is 10.1. The van der Waals surface area contributed by atoms with Crippen LogP contribution in [0.3, 0.4) is 0 Å². The predicted octanol–water partition coefficient (Wildman–Crippen LogP) is 2.44. The molecule has 0 bridgehead atoms. The summed E-state index contributed by atoms with van der Waals surface area (Å²) in [7, 11) is 1.82. The number of rotatable bonds is 7. The molecule has 2 N–H and O–H groups in total. The van der Waals surface area contributed by atoms with Gasteiger partial charge in [-0.2, -0.15) is 0 Å². The second-order valence-corrected chi connectivity index (χ2v) is 7.67. The average Bonchev–Trinajstić information content (AvgIpc) is 2.75. The number of likely N-dealkylation sites (tertiary alicyclic amines) is 1. The molecular weight excluding hydrogens is 362 g/mol. The van der Waals surface area contributed by atoms with Crippen molar-refractivity contribution in [2.75, 3.05) is 26.7 Å². The van der Waals surface area contributed by atoms with Gasteiger partial charge < -0.3 is 20.1 Å². The quantitative estimate of drug-likeness (QED) is 0.558. The molecule has 0 atom stereocenters. The van der Waals surface area contributed by atoms with Gasteiger partial charge in [-0.05, 0) is 43.0 Å². The van der Waals surface area contributed by atoms with Crippen molar-refractivity contribution in [2.45, 2.75) is 45.3 Å². The first kappa shape index (κ1) is 21.1. The molecule has 6 nitrogen and oxygen atoms in total. The van der Waals surface area contributed by atoms with Crippen molar-refractivity contribution in [2.24, 2.45) is 4.99 Å². The Hall–Kier alpha value is -2.60. The summed E-state index contributed by atoms with van der Waals surface area (Å²) in [5, 5.41) is 6.98. The number of guanidine groups is 1. The van der Waals surface area contributed by atoms with Gasteiger partial charge in [0.05, 0.1) is 6.54 Å². The lowest BCUT2D eigenvalue weighted by Gasteiger charge is -2.32. The molecule has 0 unspecified atom stereocenters. The molecule has 1 saturated heterocycles. The van der Waals surface area contributed by atoms with Gasteiger partial charge in [-0.15, -0.1) is 0 Å². The number of hydrogen-bond donors (Lipinski definition) is 2. The summed E-state index contributed by atoms with van der Waals surface area (Å²) in [6.45, 7) is 7.08. The Morgan fingerprint density at radius 1 is 1.10 bits per heavy atom. The Labute approximate surface area is 173 Å². The molecule has 0 spiro atoms. The van der Waals surface area contributed by atoms with Crippen LogP contribution in [-0.2, 0) is 13.1 Å². The highest BCUT2D eigenvalue weighted by Crippen LogP contribution is 2.10. The van der Waals surface area contributed by atoms with Crippen molar-refractivity contribution < 1.29 is 0 Å². The first-order chi connectivity index (χ1) is 14.2. The van der Waals surface area contributed by atoms with E-state index in [1.165, 1.54) is 18.5 Å². The topological polar surface area (TPSA) is 61.7 Å². The van der Waals surface area contributed by atoms with E-state index in [4.69, 9.17) is 0 Å². The summed E-state index contributed by atoms with van der Waals surface area (Å²) in [6.07, 6.45) is 5.37. The molecule has 1 aromatic carbocycles. The van der Waals surface area contributed by atoms with E-state index in [9.17, 15) is 4.79 Å². The van der Waals surface area contributed by atoms with Crippen LogP contribution >= 0.6 is 0 Å². The normalized spacial score (nSPS) is 16.0. The van der Waals surface area contributed by atoms with E-state index >= 15 is 0 Å². The van der Waals surface area contributed by atoms with Gasteiger partial charge in [-0.1, -0.05) is 37.3 Å². The number of aliphatic imine (C=N–C) groups is 1. The van der Waals surface area contributed by atoms with E-state index in [2.05, 4.69) is 51.7 Å². The van der Waals surface area contributed by atoms with E-state index in [1.807, 2.05) is 19.3 Å². The van der Waals surface area contributed by atoms with Gasteiger partial charge in [0, 0.05) is 45.0 Å². The monoisotopic (exact) mass is 395 g/mol. The highest BCUT2D eigenvalue weighted by atomic mass is 16.1. The lowest BCUT2D eigenvalue weighted by molar-refractivity contribution is 0.206. The van der Waals surface area contributed by atoms with Gasteiger partial charge in [0.2, 0.25) is 0 Å². The molecule has 3 rings (SSSR count). The molecule has 2 aromatic rings. The maximum Gasteiger partial charge on any atom is 0.250 e. The second-order valence-electron chi connectivity index (χ2n) is 7.67. The minimum atomic E-state index is 0.0219. The van der Waals surface area contributed by atoms with Gasteiger partial charge in [-0.3, -0.25) is 9.79 Å². The number of nitrogens with one attached hydrogen (secondary N) is 2. The second kappa shape index (κ2) is 10.8. The largest absolute Gasteiger partial charge is 0.354 e. The number of benzene rings is 1. The highest BCUT2D eigenvalue weighted by Gasteiger charge is 2.19. The van der Waals surface area contributed by atoms with Crippen molar-refractivity contribution in [1.82, 2.24) is 20.1 Å². The number of nitrogens with zero attached hydrogens (tertiary/aromatic N) is 3. The van der Waals surface area contributed by atoms with Crippen LogP contribution in [0.25, 0.3) is 0 Å². The van der Waals surface area contributed by atoms with E-state index < -0.39 is 0 Å². The van der Waals surface area contributed by atoms with Crippen LogP contribution in [0.2, 0.25) is 0 Å². The Morgan fingerprint density at radius 3 is 2.48 bits per heavy atom. The summed E-state index contributed by atoms with van der Waals surface area (Å²) < 4.78 is 1.71. The van der Waals surface area contributed by atoms with Crippen LogP contribution in [0, 0.1) is 0 Å². The zero-order chi connectivity index (χ0) is 20.5. The smallest absolute Gasteiger partial charge is 0.250 e. The maximum atomic E-state index is 11.8. The van der Waals surface area contributed by atoms with Crippen molar-refractivity contribution in [1.29, 1.82) is 0 Å². The number of hydrogen-bond acceptors (Lipinski definition) is 3. The van der Waals surface area contributed by atoms with Crippen LogP contribution in [0.5, 0.6) is 0 Å². The fourth-order valence-electron chi connectivity index (χ4n) is 3.74. The minimum absolute atomic E-state index is 0.0219. The van der Waals surface area contributed by atoms with Crippen LogP contribution < -0.4 is 16.2 Å². The van der Waals surface area contributed by atoms with Crippen LogP contribution in [0.1, 0.15) is 37.3 Å². The molecule has 0 saturated carbocycles. The summed E-state index contributed by atoms with van der Waals surface area (Å²) >= 11 is 0. The van der Waals surface area contributed by atoms with E-state index in [0.29, 0.717) is 12.6 Å². The van der Waals surface area contributed by atoms with Gasteiger partial charge in [0.15, 0.2) is 5.96 Å². The molecule has 156 valence electrons. The van der Waals surface area contributed by atoms with Gasteiger partial charge in [-0.25, -0.2) is 0 Å². The van der Waals surface area contributed by atoms with Crippen molar-refractivity contribution in [3.05, 3.63) is 70.1 Å². The standard InChI is InChI=1S/C23H33N5O/c1-3-13-27-15-11-21(12-16-27)26-23(24-2)25-17-19-7-9-20(10-8-19)18-28-14-5-4-6-22(28)29/h4-10,14,21H,3,11-13,15-18H2,1-2H3,(H2,24,25,26). The minimum Gasteiger partial charge on any atom is -0.354 e. The Bertz CT molecular complexity index is 835. The zero-order valence-corrected chi connectivity index (χ0v) is 17.6. The third kappa shape index (κ3) is 6.46. The Morgan fingerprint density at radius 2 is 1.83 bits per heavy atom. The summed E-state index contributed by atoms with van der Waals surface area (Å²) in [5.74, 6) is 0.860. The Kier molecular flexibility index (Phi) is 7.87. The van der Waals surface area contributed by atoms with E-state index in [1.54, 1.807) is 16.7 Å². The maximum absolute atomic E-state index is 11.8. The first-order valence-corrected chi connectivity index (χ1v) is 10.6. The number of aromatic nitrogens is 1. The van der Waals surface area contributed by atoms with Crippen molar-refractivity contribution in [3.8, 4) is 0 Å². The molecule has 1 fully saturated rings. The average molecular weight is 396 g/mol. The van der Waals surface area contributed by atoms with E-state index in [-0.39, 0.29) is 5.56 Å². The molecule has 0 amide bonds. The molecule has 2 heterocycles. The molecule has 1 aliphatic heterocycles. The highest BCUT2D eigenvalue weighted by molar-refractivity contribution is 5.79. The molecule has 1 aromatic heterocycles. The molecule has 0 radical (unpaired) electrons. The molecule has 0 aliphatic carbocycles. The number of pyridine rings is 1. The summed E-state index contributed by atoms with van der Waals surface area (Å²) in [4.78, 5) is 18.8. The van der Waals surface area contributed by atoms with Crippen molar-refractivity contribution in [3.63, 3.8) is 0 Å². The molecule has 29 heavy (non-hydrogen) atoms. The zero-order valence-electron chi connectivity index (χ0n) is 17.6. The fourth-order valence-corrected chi connectivity index (χ4v) is 3.74. The van der Waals surface area contributed by atoms with Gasteiger partial charge >= 0.3 is 0 Å². The third-order valence-corrected chi connectivity index (χ3v) is 5.43. The van der Waals surface area contributed by atoms with Gasteiger partial charge in [0.1, 0.15) is 0 Å². The van der Waals surface area contributed by atoms with Crippen molar-refractivity contribution >= 4 is 5.96 Å².